The lowest BCUT2D eigenvalue weighted by molar-refractivity contribution is -0.143. The summed E-state index contributed by atoms with van der Waals surface area (Å²) in [7, 11) is 1.91. The van der Waals surface area contributed by atoms with Crippen LogP contribution in [-0.4, -0.2) is 59.3 Å². The summed E-state index contributed by atoms with van der Waals surface area (Å²) in [6.45, 7) is 0.783. The second-order valence-electron chi connectivity index (χ2n) is 7.74. The van der Waals surface area contributed by atoms with Crippen molar-refractivity contribution >= 4 is 40.4 Å². The van der Waals surface area contributed by atoms with E-state index >= 15 is 0 Å². The number of likely N-dealkylation sites (tertiary alicyclic amines) is 1. The summed E-state index contributed by atoms with van der Waals surface area (Å²) in [4.78, 5) is 52.5. The van der Waals surface area contributed by atoms with Crippen LogP contribution in [0.15, 0.2) is 36.4 Å². The normalized spacial score (nSPS) is 23.6. The minimum absolute atomic E-state index is 0.239. The Balaban J connectivity index is 1.44. The Morgan fingerprint density at radius 2 is 1.55 bits per heavy atom. The molecule has 2 unspecified atom stereocenters. The first-order valence-corrected chi connectivity index (χ1v) is 9.83. The number of likely N-dealkylation sites (N-methyl/N-ethyl adjacent to an activating group) is 1. The molecule has 0 N–H and O–H groups in total. The summed E-state index contributed by atoms with van der Waals surface area (Å²) in [5.41, 5.74) is 1.46. The zero-order chi connectivity index (χ0) is 20.1. The number of rotatable bonds is 2. The molecule has 148 valence electrons. The van der Waals surface area contributed by atoms with E-state index in [1.807, 2.05) is 48.4 Å². The Hall–Kier alpha value is -3.29. The van der Waals surface area contributed by atoms with Gasteiger partial charge in [-0.05, 0) is 25.0 Å². The van der Waals surface area contributed by atoms with Gasteiger partial charge < -0.3 is 4.90 Å². The Bertz CT molecular complexity index is 1040. The number of anilines is 2. The Kier molecular flexibility index (Phi) is 4.08. The number of para-hydroxylation sites is 2. The van der Waals surface area contributed by atoms with Crippen LogP contribution in [0.3, 0.4) is 0 Å². The molecule has 29 heavy (non-hydrogen) atoms. The molecule has 3 heterocycles. The van der Waals surface area contributed by atoms with E-state index < -0.39 is 0 Å². The van der Waals surface area contributed by atoms with Crippen molar-refractivity contribution in [3.05, 3.63) is 36.4 Å². The molecular weight excluding hydrogens is 370 g/mol. The third-order valence-corrected chi connectivity index (χ3v) is 6.00. The number of allylic oxidation sites excluding steroid dienone is 2. The van der Waals surface area contributed by atoms with Crippen LogP contribution >= 0.6 is 0 Å². The van der Waals surface area contributed by atoms with Crippen molar-refractivity contribution < 1.29 is 14.4 Å². The van der Waals surface area contributed by atoms with Gasteiger partial charge in [0, 0.05) is 20.1 Å². The predicted molar refractivity (Wildman–Crippen MR) is 107 cm³/mol. The van der Waals surface area contributed by atoms with Crippen LogP contribution in [-0.2, 0) is 14.4 Å². The van der Waals surface area contributed by atoms with Gasteiger partial charge in [0.05, 0.1) is 22.9 Å². The van der Waals surface area contributed by atoms with Crippen molar-refractivity contribution in [1.29, 1.82) is 0 Å². The summed E-state index contributed by atoms with van der Waals surface area (Å²) < 4.78 is 0. The highest BCUT2D eigenvalue weighted by Crippen LogP contribution is 2.36. The van der Waals surface area contributed by atoms with E-state index in [0.29, 0.717) is 43.1 Å². The van der Waals surface area contributed by atoms with Crippen LogP contribution < -0.4 is 9.80 Å². The monoisotopic (exact) mass is 391 g/mol. The standard InChI is InChI=1S/C21H21N5O3/c1-24-10-11-25(19-18(24)22-15-8-4-5-9-16(15)23-19)17(27)12-26-20(28)13-6-2-3-7-14(13)21(26)29/h2-5,8-9,13-14H,6-7,10-12H2,1H3. The van der Waals surface area contributed by atoms with Crippen molar-refractivity contribution in [2.45, 2.75) is 12.8 Å². The van der Waals surface area contributed by atoms with E-state index in [4.69, 9.17) is 0 Å². The molecular formula is C21H21N5O3. The van der Waals surface area contributed by atoms with Crippen molar-refractivity contribution in [3.63, 3.8) is 0 Å². The molecule has 2 atom stereocenters. The number of hydrogen-bond acceptors (Lipinski definition) is 6. The van der Waals surface area contributed by atoms with Crippen molar-refractivity contribution in [2.75, 3.05) is 36.5 Å². The third-order valence-electron chi connectivity index (χ3n) is 6.00. The van der Waals surface area contributed by atoms with Crippen molar-refractivity contribution in [3.8, 4) is 0 Å². The zero-order valence-corrected chi connectivity index (χ0v) is 16.1. The van der Waals surface area contributed by atoms with Gasteiger partial charge in [-0.2, -0.15) is 0 Å². The molecule has 5 rings (SSSR count). The van der Waals surface area contributed by atoms with E-state index in [1.54, 1.807) is 4.90 Å². The molecule has 0 spiro atoms. The van der Waals surface area contributed by atoms with E-state index in [2.05, 4.69) is 9.97 Å². The predicted octanol–water partition coefficient (Wildman–Crippen LogP) is 1.36. The maximum absolute atomic E-state index is 13.1. The van der Waals surface area contributed by atoms with Crippen LogP contribution in [0, 0.1) is 11.8 Å². The number of amides is 3. The Labute approximate surface area is 167 Å². The summed E-state index contributed by atoms with van der Waals surface area (Å²) in [5, 5.41) is 0. The third kappa shape index (κ3) is 2.78. The van der Waals surface area contributed by atoms with Gasteiger partial charge in [-0.1, -0.05) is 24.3 Å². The molecule has 8 nitrogen and oxygen atoms in total. The summed E-state index contributed by atoms with van der Waals surface area (Å²) in [5.74, 6) is -0.348. The Morgan fingerprint density at radius 1 is 0.966 bits per heavy atom. The van der Waals surface area contributed by atoms with Gasteiger partial charge >= 0.3 is 0 Å². The highest BCUT2D eigenvalue weighted by Gasteiger charge is 2.48. The molecule has 1 aliphatic carbocycles. The van der Waals surface area contributed by atoms with Crippen molar-refractivity contribution in [1.82, 2.24) is 14.9 Å². The largest absolute Gasteiger partial charge is 0.355 e. The van der Waals surface area contributed by atoms with Crippen LogP contribution in [0.25, 0.3) is 11.0 Å². The molecule has 1 saturated heterocycles. The fraction of sp³-hybridized carbons (Fsp3) is 0.381. The molecule has 1 aromatic heterocycles. The lowest BCUT2D eigenvalue weighted by atomic mass is 9.85. The van der Waals surface area contributed by atoms with Crippen LogP contribution in [0.4, 0.5) is 11.6 Å². The van der Waals surface area contributed by atoms with Crippen molar-refractivity contribution in [2.24, 2.45) is 11.8 Å². The molecule has 0 saturated carbocycles. The van der Waals surface area contributed by atoms with Gasteiger partial charge in [-0.15, -0.1) is 0 Å². The zero-order valence-electron chi connectivity index (χ0n) is 16.1. The summed E-state index contributed by atoms with van der Waals surface area (Å²) >= 11 is 0. The van der Waals surface area contributed by atoms with Crippen LogP contribution in [0.1, 0.15) is 12.8 Å². The fourth-order valence-electron chi connectivity index (χ4n) is 4.37. The van der Waals surface area contributed by atoms with Gasteiger partial charge in [0.25, 0.3) is 0 Å². The number of nitrogens with zero attached hydrogens (tertiary/aromatic N) is 5. The first-order chi connectivity index (χ1) is 14.0. The Morgan fingerprint density at radius 3 is 2.17 bits per heavy atom. The maximum atomic E-state index is 13.1. The number of benzene rings is 1. The van der Waals surface area contributed by atoms with Crippen LogP contribution in [0.2, 0.25) is 0 Å². The minimum Gasteiger partial charge on any atom is -0.355 e. The number of carbonyl (C=O) groups is 3. The number of carbonyl (C=O) groups excluding carboxylic acids is 3. The van der Waals surface area contributed by atoms with Gasteiger partial charge in [-0.25, -0.2) is 9.97 Å². The molecule has 1 fully saturated rings. The quantitative estimate of drug-likeness (QED) is 0.568. The van der Waals surface area contributed by atoms with Gasteiger partial charge in [-0.3, -0.25) is 24.2 Å². The fourth-order valence-corrected chi connectivity index (χ4v) is 4.37. The van der Waals surface area contributed by atoms with E-state index in [9.17, 15) is 14.4 Å². The molecule has 2 aromatic rings. The molecule has 2 aliphatic heterocycles. The first kappa shape index (κ1) is 17.8. The van der Waals surface area contributed by atoms with E-state index in [0.717, 1.165) is 10.4 Å². The van der Waals surface area contributed by atoms with Gasteiger partial charge in [0.2, 0.25) is 17.7 Å². The highest BCUT2D eigenvalue weighted by atomic mass is 16.2. The number of imide groups is 1. The van der Waals surface area contributed by atoms with Gasteiger partial charge in [0.1, 0.15) is 6.54 Å². The minimum atomic E-state index is -0.330. The molecule has 3 amide bonds. The van der Waals surface area contributed by atoms with E-state index in [1.165, 1.54) is 0 Å². The average Bonchev–Trinajstić information content (AvgIpc) is 2.98. The SMILES string of the molecule is CN1CCN(C(=O)CN2C(=O)C3CC=CCC3C2=O)c2nc3ccccc3nc21. The number of aromatic nitrogens is 2. The van der Waals surface area contributed by atoms with Crippen LogP contribution in [0.5, 0.6) is 0 Å². The molecule has 0 bridgehead atoms. The highest BCUT2D eigenvalue weighted by molar-refractivity contribution is 6.09. The molecule has 8 heteroatoms. The first-order valence-electron chi connectivity index (χ1n) is 9.83. The smallest absolute Gasteiger partial charge is 0.248 e. The molecule has 0 radical (unpaired) electrons. The van der Waals surface area contributed by atoms with E-state index in [-0.39, 0.29) is 36.1 Å². The molecule has 1 aromatic carbocycles. The lowest BCUT2D eigenvalue weighted by Gasteiger charge is -2.34. The lowest BCUT2D eigenvalue weighted by Crippen LogP contribution is -2.48. The maximum Gasteiger partial charge on any atom is 0.248 e. The average molecular weight is 391 g/mol. The summed E-state index contributed by atoms with van der Waals surface area (Å²) in [6, 6.07) is 7.51. The second kappa shape index (κ2) is 6.65. The molecule has 3 aliphatic rings. The topological polar surface area (TPSA) is 86.7 Å². The number of hydrogen-bond donors (Lipinski definition) is 0. The summed E-state index contributed by atoms with van der Waals surface area (Å²) in [6.07, 6.45) is 5.01. The van der Waals surface area contributed by atoms with Gasteiger partial charge in [0.15, 0.2) is 11.6 Å². The number of fused-ring (bicyclic) bond motifs is 3. The second-order valence-corrected chi connectivity index (χ2v) is 7.74.